The number of likely N-dealkylation sites (N-methyl/N-ethyl adjacent to an activating group) is 1. The first-order valence-electron chi connectivity index (χ1n) is 11.2. The molecule has 0 bridgehead atoms. The highest BCUT2D eigenvalue weighted by atomic mass is 16.5. The molecule has 1 aliphatic heterocycles. The molecule has 0 fully saturated rings. The van der Waals surface area contributed by atoms with E-state index in [2.05, 4.69) is 27.2 Å². The van der Waals surface area contributed by atoms with Crippen molar-refractivity contribution < 1.29 is 19.4 Å². The Hall–Kier alpha value is -4.16. The molecule has 0 saturated heterocycles. The minimum atomic E-state index is -1.14. The summed E-state index contributed by atoms with van der Waals surface area (Å²) in [5, 5.41) is 16.7. The van der Waals surface area contributed by atoms with Crippen LogP contribution in [0.1, 0.15) is 36.4 Å². The summed E-state index contributed by atoms with van der Waals surface area (Å²) >= 11 is 0. The van der Waals surface area contributed by atoms with E-state index in [1.807, 2.05) is 25.1 Å². The monoisotopic (exact) mass is 473 g/mol. The molecule has 2 amide bonds. The fourth-order valence-corrected chi connectivity index (χ4v) is 3.59. The molecule has 180 valence electrons. The third-order valence-electron chi connectivity index (χ3n) is 5.34. The molecule has 0 aliphatic carbocycles. The zero-order valence-corrected chi connectivity index (χ0v) is 20.1. The molecule has 1 aliphatic rings. The zero-order chi connectivity index (χ0) is 25.2. The number of fused-ring (bicyclic) bond motifs is 1. The Balaban J connectivity index is 1.45. The normalized spacial score (nSPS) is 15.4. The van der Waals surface area contributed by atoms with Gasteiger partial charge in [-0.15, -0.1) is 0 Å². The smallest absolute Gasteiger partial charge is 0.342 e. The van der Waals surface area contributed by atoms with E-state index in [4.69, 9.17) is 4.74 Å². The number of aryl methyl sites for hydroxylation is 1. The number of benzene rings is 1. The van der Waals surface area contributed by atoms with Gasteiger partial charge in [-0.25, -0.2) is 4.79 Å². The molecule has 4 rings (SSSR count). The van der Waals surface area contributed by atoms with Gasteiger partial charge in [-0.05, 0) is 56.7 Å². The molecular weight excluding hydrogens is 446 g/mol. The minimum absolute atomic E-state index is 0.0298. The van der Waals surface area contributed by atoms with Crippen molar-refractivity contribution in [2.24, 2.45) is 0 Å². The lowest BCUT2D eigenvalue weighted by Gasteiger charge is -2.20. The van der Waals surface area contributed by atoms with Gasteiger partial charge in [0.05, 0.1) is 11.9 Å². The number of carbonyl (C=O) groups excluding carboxylic acids is 2. The number of pyridine rings is 1. The molecule has 0 radical (unpaired) electrons. The summed E-state index contributed by atoms with van der Waals surface area (Å²) in [5.74, 6) is 5.82. The number of aromatic nitrogens is 3. The van der Waals surface area contributed by atoms with Crippen LogP contribution in [0, 0.1) is 18.8 Å². The number of nitrogens with zero attached hydrogens (tertiary/aromatic N) is 4. The highest BCUT2D eigenvalue weighted by Gasteiger charge is 2.31. The Labute approximate surface area is 203 Å². The number of carbonyl (C=O) groups is 2. The number of rotatable bonds is 3. The molecule has 0 unspecified atom stereocenters. The van der Waals surface area contributed by atoms with E-state index in [1.54, 1.807) is 51.5 Å². The maximum absolute atomic E-state index is 13.1. The lowest BCUT2D eigenvalue weighted by Crippen LogP contribution is -2.50. The van der Waals surface area contributed by atoms with Gasteiger partial charge >= 0.3 is 6.03 Å². The lowest BCUT2D eigenvalue weighted by atomic mass is 10.1. The largest absolute Gasteiger partial charge is 0.489 e. The van der Waals surface area contributed by atoms with E-state index < -0.39 is 17.7 Å². The second-order valence-corrected chi connectivity index (χ2v) is 8.94. The van der Waals surface area contributed by atoms with Gasteiger partial charge in [0.15, 0.2) is 0 Å². The van der Waals surface area contributed by atoms with Crippen LogP contribution in [0.5, 0.6) is 5.75 Å². The number of hydrogen-bond acceptors (Lipinski definition) is 6. The average molecular weight is 474 g/mol. The van der Waals surface area contributed by atoms with Crippen molar-refractivity contribution >= 4 is 17.6 Å². The van der Waals surface area contributed by atoms with Gasteiger partial charge in [0.25, 0.3) is 5.91 Å². The van der Waals surface area contributed by atoms with Crippen LogP contribution < -0.4 is 15.0 Å². The summed E-state index contributed by atoms with van der Waals surface area (Å²) in [6.07, 6.45) is 3.76. The molecule has 2 aromatic heterocycles. The predicted octanol–water partition coefficient (Wildman–Crippen LogP) is 2.28. The third kappa shape index (κ3) is 5.86. The van der Waals surface area contributed by atoms with Crippen LogP contribution in [0.3, 0.4) is 0 Å². The fraction of sp³-hybridized carbons (Fsp3) is 0.308. The van der Waals surface area contributed by atoms with Crippen molar-refractivity contribution in [1.29, 1.82) is 0 Å². The SMILES string of the molecule is Cc1cccc(Cc2cnn(C(=O)N[C@@H]3COc4ccc(C#CC(C)(C)O)cc4N(C)C3=O)c2)n1. The average Bonchev–Trinajstić information content (AvgIpc) is 3.23. The van der Waals surface area contributed by atoms with Crippen LogP contribution in [-0.4, -0.2) is 57.1 Å². The number of aliphatic hydroxyl groups is 1. The van der Waals surface area contributed by atoms with Crippen molar-refractivity contribution in [2.45, 2.75) is 38.8 Å². The van der Waals surface area contributed by atoms with E-state index in [1.165, 1.54) is 9.58 Å². The van der Waals surface area contributed by atoms with Crippen LogP contribution in [-0.2, 0) is 11.2 Å². The van der Waals surface area contributed by atoms with Gasteiger partial charge in [0, 0.05) is 36.6 Å². The Bertz CT molecular complexity index is 1330. The van der Waals surface area contributed by atoms with Gasteiger partial charge in [0.2, 0.25) is 0 Å². The van der Waals surface area contributed by atoms with Crippen molar-refractivity contribution in [3.05, 3.63) is 71.3 Å². The van der Waals surface area contributed by atoms with Gasteiger partial charge in [0.1, 0.15) is 24.0 Å². The van der Waals surface area contributed by atoms with E-state index in [0.29, 0.717) is 23.4 Å². The van der Waals surface area contributed by atoms with Gasteiger partial charge in [-0.1, -0.05) is 17.9 Å². The van der Waals surface area contributed by atoms with Crippen molar-refractivity contribution in [2.75, 3.05) is 18.6 Å². The second-order valence-electron chi connectivity index (χ2n) is 8.94. The van der Waals surface area contributed by atoms with Gasteiger partial charge in [-0.2, -0.15) is 9.78 Å². The van der Waals surface area contributed by atoms with Crippen molar-refractivity contribution in [3.63, 3.8) is 0 Å². The summed E-state index contributed by atoms with van der Waals surface area (Å²) in [7, 11) is 1.61. The lowest BCUT2D eigenvalue weighted by molar-refractivity contribution is -0.120. The van der Waals surface area contributed by atoms with E-state index >= 15 is 0 Å². The quantitative estimate of drug-likeness (QED) is 0.565. The third-order valence-corrected chi connectivity index (χ3v) is 5.34. The van der Waals surface area contributed by atoms with Crippen molar-refractivity contribution in [3.8, 4) is 17.6 Å². The molecule has 3 aromatic rings. The Morgan fingerprint density at radius 2 is 2.11 bits per heavy atom. The van der Waals surface area contributed by atoms with Crippen molar-refractivity contribution in [1.82, 2.24) is 20.1 Å². The molecule has 0 saturated carbocycles. The van der Waals surface area contributed by atoms with Crippen LogP contribution in [0.15, 0.2) is 48.8 Å². The first-order valence-corrected chi connectivity index (χ1v) is 11.2. The van der Waals surface area contributed by atoms with Crippen LogP contribution in [0.4, 0.5) is 10.5 Å². The summed E-state index contributed by atoms with van der Waals surface area (Å²) in [6, 6.07) is 9.52. The molecule has 3 heterocycles. The Morgan fingerprint density at radius 3 is 2.86 bits per heavy atom. The molecule has 1 atom stereocenters. The number of amides is 2. The summed E-state index contributed by atoms with van der Waals surface area (Å²) < 4.78 is 6.99. The summed E-state index contributed by atoms with van der Waals surface area (Å²) in [5.41, 5.74) is 2.64. The molecule has 9 nitrogen and oxygen atoms in total. The second kappa shape index (κ2) is 9.60. The van der Waals surface area contributed by atoms with Crippen LogP contribution in [0.2, 0.25) is 0 Å². The minimum Gasteiger partial charge on any atom is -0.489 e. The van der Waals surface area contributed by atoms with E-state index in [0.717, 1.165) is 17.0 Å². The molecule has 0 spiro atoms. The Kier molecular flexibility index (Phi) is 6.58. The maximum Gasteiger partial charge on any atom is 0.342 e. The number of anilines is 1. The number of hydrogen-bond donors (Lipinski definition) is 2. The molecule has 35 heavy (non-hydrogen) atoms. The first kappa shape index (κ1) is 24.0. The maximum atomic E-state index is 13.1. The van der Waals surface area contributed by atoms with Gasteiger partial charge < -0.3 is 20.1 Å². The highest BCUT2D eigenvalue weighted by Crippen LogP contribution is 2.31. The predicted molar refractivity (Wildman–Crippen MR) is 130 cm³/mol. The van der Waals surface area contributed by atoms with Gasteiger partial charge in [-0.3, -0.25) is 9.78 Å². The van der Waals surface area contributed by atoms with Crippen LogP contribution in [0.25, 0.3) is 0 Å². The molecule has 1 aromatic carbocycles. The van der Waals surface area contributed by atoms with Crippen LogP contribution >= 0.6 is 0 Å². The summed E-state index contributed by atoms with van der Waals surface area (Å²) in [4.78, 5) is 31.8. The highest BCUT2D eigenvalue weighted by molar-refractivity contribution is 6.00. The molecular formula is C26H27N5O4. The van der Waals surface area contributed by atoms with E-state index in [-0.39, 0.29) is 12.5 Å². The fourth-order valence-electron chi connectivity index (χ4n) is 3.59. The standard InChI is InChI=1S/C26H27N5O4/c1-17-6-5-7-20(28-17)12-19-14-27-31(15-19)25(33)29-21-16-35-23-9-8-18(10-11-26(2,3)34)13-22(23)30(4)24(21)32/h5-9,13-15,21,34H,12,16H2,1-4H3,(H,29,33)/t21-/m1/s1. The number of ether oxygens (including phenoxy) is 1. The molecule has 2 N–H and O–H groups in total. The summed E-state index contributed by atoms with van der Waals surface area (Å²) in [6.45, 7) is 5.08. The first-order chi connectivity index (χ1) is 16.6. The topological polar surface area (TPSA) is 110 Å². The molecule has 9 heteroatoms. The zero-order valence-electron chi connectivity index (χ0n) is 20.1. The number of nitrogens with one attached hydrogen (secondary N) is 1. The van der Waals surface area contributed by atoms with E-state index in [9.17, 15) is 14.7 Å². The Morgan fingerprint density at radius 1 is 1.31 bits per heavy atom.